The fourth-order valence-corrected chi connectivity index (χ4v) is 4.02. The molecule has 4 aromatic carbocycles. The van der Waals surface area contributed by atoms with Crippen LogP contribution in [0.1, 0.15) is 22.8 Å². The Labute approximate surface area is 209 Å². The molecule has 0 fully saturated rings. The second-order valence-corrected chi connectivity index (χ2v) is 8.42. The zero-order chi connectivity index (χ0) is 23.9. The van der Waals surface area contributed by atoms with Crippen LogP contribution in [-0.4, -0.2) is 12.5 Å². The Morgan fingerprint density at radius 3 is 2.15 bits per heavy atom. The topological polar surface area (TPSA) is 47.6 Å². The summed E-state index contributed by atoms with van der Waals surface area (Å²) in [5.74, 6) is 1.12. The third-order valence-corrected chi connectivity index (χ3v) is 5.54. The molecule has 0 aliphatic rings. The lowest BCUT2D eigenvalue weighted by Crippen LogP contribution is -2.13. The highest BCUT2D eigenvalue weighted by Crippen LogP contribution is 2.27. The molecular weight excluding hydrogens is 469 g/mol. The van der Waals surface area contributed by atoms with Crippen molar-refractivity contribution in [1.82, 2.24) is 0 Å². The molecule has 0 aromatic heterocycles. The smallest absolute Gasteiger partial charge is 0.255 e. The van der Waals surface area contributed by atoms with Crippen molar-refractivity contribution < 1.29 is 14.3 Å². The Hall–Kier alpha value is -3.47. The molecule has 34 heavy (non-hydrogen) atoms. The van der Waals surface area contributed by atoms with Gasteiger partial charge in [0.2, 0.25) is 0 Å². The summed E-state index contributed by atoms with van der Waals surface area (Å²) < 4.78 is 11.7. The number of ether oxygens (including phenoxy) is 2. The second-order valence-electron chi connectivity index (χ2n) is 7.55. The average Bonchev–Trinajstić information content (AvgIpc) is 2.84. The molecule has 0 saturated heterocycles. The molecule has 0 radical (unpaired) electrons. The molecule has 0 spiro atoms. The second kappa shape index (κ2) is 11.1. The fourth-order valence-electron chi connectivity index (χ4n) is 3.49. The number of amides is 1. The van der Waals surface area contributed by atoms with Gasteiger partial charge in [-0.1, -0.05) is 65.7 Å². The van der Waals surface area contributed by atoms with Gasteiger partial charge in [-0.25, -0.2) is 0 Å². The van der Waals surface area contributed by atoms with Crippen molar-refractivity contribution in [2.24, 2.45) is 0 Å². The van der Waals surface area contributed by atoms with Crippen molar-refractivity contribution in [3.05, 3.63) is 112 Å². The van der Waals surface area contributed by atoms with E-state index >= 15 is 0 Å². The molecule has 1 N–H and O–H groups in total. The van der Waals surface area contributed by atoms with Gasteiger partial charge < -0.3 is 14.8 Å². The van der Waals surface area contributed by atoms with Gasteiger partial charge in [0.05, 0.1) is 6.61 Å². The number of carbonyl (C=O) groups excluding carboxylic acids is 1. The summed E-state index contributed by atoms with van der Waals surface area (Å²) >= 11 is 12.1. The van der Waals surface area contributed by atoms with E-state index in [0.717, 1.165) is 22.4 Å². The molecule has 0 aliphatic carbocycles. The first-order valence-corrected chi connectivity index (χ1v) is 11.6. The molecule has 0 unspecified atom stereocenters. The third kappa shape index (κ3) is 6.10. The lowest BCUT2D eigenvalue weighted by Gasteiger charge is -2.14. The third-order valence-electron chi connectivity index (χ3n) is 5.10. The van der Waals surface area contributed by atoms with Gasteiger partial charge in [0.1, 0.15) is 18.1 Å². The summed E-state index contributed by atoms with van der Waals surface area (Å²) in [7, 11) is 0. The van der Waals surface area contributed by atoms with Crippen molar-refractivity contribution in [3.63, 3.8) is 0 Å². The maximum Gasteiger partial charge on any atom is 0.255 e. The first-order chi connectivity index (χ1) is 16.5. The molecule has 4 rings (SSSR count). The summed E-state index contributed by atoms with van der Waals surface area (Å²) in [4.78, 5) is 12.8. The monoisotopic (exact) mass is 491 g/mol. The highest BCUT2D eigenvalue weighted by molar-refractivity contribution is 6.35. The highest BCUT2D eigenvalue weighted by atomic mass is 35.5. The van der Waals surface area contributed by atoms with Gasteiger partial charge in [-0.2, -0.15) is 0 Å². The predicted molar refractivity (Wildman–Crippen MR) is 138 cm³/mol. The zero-order valence-electron chi connectivity index (χ0n) is 18.6. The Morgan fingerprint density at radius 2 is 1.47 bits per heavy atom. The minimum absolute atomic E-state index is 0.254. The van der Waals surface area contributed by atoms with Crippen LogP contribution in [0.25, 0.3) is 11.1 Å². The standard InChI is InChI=1S/C28H23Cl2NO3/c1-2-33-27-13-10-21(28(32)31-25-16-23(29)15-24(30)17-25)14-22(27)18-34-26-11-8-20(9-12-26)19-6-4-3-5-7-19/h3-17H,2,18H2,1H3,(H,31,32). The quantitative estimate of drug-likeness (QED) is 0.272. The first kappa shape index (κ1) is 23.7. The number of hydrogen-bond acceptors (Lipinski definition) is 3. The summed E-state index contributed by atoms with van der Waals surface area (Å²) in [6, 6.07) is 28.2. The minimum Gasteiger partial charge on any atom is -0.493 e. The van der Waals surface area contributed by atoms with Crippen LogP contribution >= 0.6 is 23.2 Å². The SMILES string of the molecule is CCOc1ccc(C(=O)Nc2cc(Cl)cc(Cl)c2)cc1COc1ccc(-c2ccccc2)cc1. The van der Waals surface area contributed by atoms with E-state index in [2.05, 4.69) is 17.4 Å². The number of carbonyl (C=O) groups is 1. The molecule has 0 atom stereocenters. The van der Waals surface area contributed by atoms with E-state index in [0.29, 0.717) is 33.7 Å². The van der Waals surface area contributed by atoms with Crippen LogP contribution in [0.5, 0.6) is 11.5 Å². The Kier molecular flexibility index (Phi) is 7.73. The molecule has 6 heteroatoms. The van der Waals surface area contributed by atoms with Gasteiger partial charge in [0, 0.05) is 26.9 Å². The van der Waals surface area contributed by atoms with Crippen LogP contribution in [0.4, 0.5) is 5.69 Å². The Balaban J connectivity index is 1.49. The molecular formula is C28H23Cl2NO3. The van der Waals surface area contributed by atoms with Gasteiger partial charge in [0.15, 0.2) is 0 Å². The largest absolute Gasteiger partial charge is 0.493 e. The van der Waals surface area contributed by atoms with Crippen molar-refractivity contribution in [1.29, 1.82) is 0 Å². The number of nitrogens with one attached hydrogen (secondary N) is 1. The maximum absolute atomic E-state index is 12.8. The van der Waals surface area contributed by atoms with Crippen LogP contribution in [0, 0.1) is 0 Å². The maximum atomic E-state index is 12.8. The fraction of sp³-hybridized carbons (Fsp3) is 0.107. The van der Waals surface area contributed by atoms with E-state index in [-0.39, 0.29) is 12.5 Å². The number of benzene rings is 4. The van der Waals surface area contributed by atoms with Gasteiger partial charge in [-0.05, 0) is 66.6 Å². The van der Waals surface area contributed by atoms with Crippen LogP contribution in [0.3, 0.4) is 0 Å². The van der Waals surface area contributed by atoms with E-state index in [1.807, 2.05) is 49.4 Å². The molecule has 0 bridgehead atoms. The molecule has 1 amide bonds. The molecule has 0 aliphatic heterocycles. The van der Waals surface area contributed by atoms with E-state index in [4.69, 9.17) is 32.7 Å². The van der Waals surface area contributed by atoms with Gasteiger partial charge in [-0.15, -0.1) is 0 Å². The van der Waals surface area contributed by atoms with Gasteiger partial charge in [0.25, 0.3) is 5.91 Å². The number of anilines is 1. The van der Waals surface area contributed by atoms with E-state index in [1.165, 1.54) is 0 Å². The van der Waals surface area contributed by atoms with Crippen LogP contribution in [0.2, 0.25) is 10.0 Å². The van der Waals surface area contributed by atoms with Gasteiger partial charge in [-0.3, -0.25) is 4.79 Å². The summed E-state index contributed by atoms with van der Waals surface area (Å²) in [6.07, 6.45) is 0. The van der Waals surface area contributed by atoms with Crippen molar-refractivity contribution in [2.45, 2.75) is 13.5 Å². The highest BCUT2D eigenvalue weighted by Gasteiger charge is 2.13. The van der Waals surface area contributed by atoms with Crippen molar-refractivity contribution in [2.75, 3.05) is 11.9 Å². The molecule has 4 nitrogen and oxygen atoms in total. The van der Waals surface area contributed by atoms with Crippen LogP contribution < -0.4 is 14.8 Å². The first-order valence-electron chi connectivity index (χ1n) is 10.8. The Bertz CT molecular complexity index is 1250. The summed E-state index contributed by atoms with van der Waals surface area (Å²) in [5, 5.41) is 3.72. The predicted octanol–water partition coefficient (Wildman–Crippen LogP) is 7.89. The van der Waals surface area contributed by atoms with E-state index < -0.39 is 0 Å². The van der Waals surface area contributed by atoms with Gasteiger partial charge >= 0.3 is 0 Å². The van der Waals surface area contributed by atoms with Crippen molar-refractivity contribution in [3.8, 4) is 22.6 Å². The van der Waals surface area contributed by atoms with E-state index in [1.54, 1.807) is 36.4 Å². The van der Waals surface area contributed by atoms with Crippen LogP contribution in [-0.2, 0) is 6.61 Å². The minimum atomic E-state index is -0.283. The number of rotatable bonds is 8. The van der Waals surface area contributed by atoms with E-state index in [9.17, 15) is 4.79 Å². The average molecular weight is 492 g/mol. The molecule has 0 heterocycles. The number of hydrogen-bond donors (Lipinski definition) is 1. The normalized spacial score (nSPS) is 10.6. The Morgan fingerprint density at radius 1 is 0.794 bits per heavy atom. The zero-order valence-corrected chi connectivity index (χ0v) is 20.1. The van der Waals surface area contributed by atoms with Crippen molar-refractivity contribution >= 4 is 34.8 Å². The summed E-state index contributed by atoms with van der Waals surface area (Å²) in [6.45, 7) is 2.67. The molecule has 172 valence electrons. The summed E-state index contributed by atoms with van der Waals surface area (Å²) in [5.41, 5.74) is 4.02. The molecule has 4 aromatic rings. The lowest BCUT2D eigenvalue weighted by atomic mass is 10.1. The lowest BCUT2D eigenvalue weighted by molar-refractivity contribution is 0.102. The van der Waals surface area contributed by atoms with Crippen LogP contribution in [0.15, 0.2) is 91.0 Å². The molecule has 0 saturated carbocycles. The number of halogens is 2.